The molecule has 4 heteroatoms. The molecule has 0 bridgehead atoms. The molecule has 4 nitrogen and oxygen atoms in total. The molecule has 1 aliphatic rings. The predicted octanol–water partition coefficient (Wildman–Crippen LogP) is 1.95. The Morgan fingerprint density at radius 1 is 1.61 bits per heavy atom. The number of carbonyl (C=O) groups is 1. The first-order valence-corrected chi connectivity index (χ1v) is 6.43. The van der Waals surface area contributed by atoms with Crippen molar-refractivity contribution in [2.24, 2.45) is 0 Å². The summed E-state index contributed by atoms with van der Waals surface area (Å²) in [5.74, 6) is -0.164. The van der Waals surface area contributed by atoms with Crippen molar-refractivity contribution in [3.8, 4) is 0 Å². The van der Waals surface area contributed by atoms with E-state index in [4.69, 9.17) is 4.74 Å². The SMILES string of the molecule is CCC(=O)OC1(c2ccccn2)CCN(C)C1C. The Hall–Kier alpha value is -1.42. The Bertz CT molecular complexity index is 421. The van der Waals surface area contributed by atoms with Crippen molar-refractivity contribution >= 4 is 5.97 Å². The van der Waals surface area contributed by atoms with E-state index >= 15 is 0 Å². The van der Waals surface area contributed by atoms with Crippen molar-refractivity contribution < 1.29 is 9.53 Å². The fraction of sp³-hybridized carbons (Fsp3) is 0.571. The van der Waals surface area contributed by atoms with Crippen LogP contribution in [0.1, 0.15) is 32.4 Å². The van der Waals surface area contributed by atoms with Crippen LogP contribution in [0.15, 0.2) is 24.4 Å². The summed E-state index contributed by atoms with van der Waals surface area (Å²) in [6.07, 6.45) is 2.94. The first-order valence-electron chi connectivity index (χ1n) is 6.43. The lowest BCUT2D eigenvalue weighted by molar-refractivity contribution is -0.163. The van der Waals surface area contributed by atoms with Gasteiger partial charge in [0.05, 0.1) is 11.7 Å². The molecule has 2 unspecified atom stereocenters. The highest BCUT2D eigenvalue weighted by Crippen LogP contribution is 2.39. The van der Waals surface area contributed by atoms with Crippen molar-refractivity contribution in [2.45, 2.75) is 38.3 Å². The van der Waals surface area contributed by atoms with E-state index in [1.807, 2.05) is 25.1 Å². The van der Waals surface area contributed by atoms with E-state index in [9.17, 15) is 4.79 Å². The van der Waals surface area contributed by atoms with E-state index in [2.05, 4.69) is 23.9 Å². The van der Waals surface area contributed by atoms with Gasteiger partial charge in [-0.05, 0) is 26.1 Å². The zero-order chi connectivity index (χ0) is 13.2. The largest absolute Gasteiger partial charge is 0.451 e. The van der Waals surface area contributed by atoms with Crippen molar-refractivity contribution in [2.75, 3.05) is 13.6 Å². The molecule has 2 atom stereocenters. The summed E-state index contributed by atoms with van der Waals surface area (Å²) < 4.78 is 5.77. The van der Waals surface area contributed by atoms with E-state index in [1.54, 1.807) is 6.20 Å². The van der Waals surface area contributed by atoms with Gasteiger partial charge in [0.2, 0.25) is 0 Å². The molecule has 2 rings (SSSR count). The molecule has 1 aromatic rings. The molecule has 0 amide bonds. The molecule has 0 aliphatic carbocycles. The van der Waals surface area contributed by atoms with E-state index in [-0.39, 0.29) is 12.0 Å². The summed E-state index contributed by atoms with van der Waals surface area (Å²) >= 11 is 0. The number of likely N-dealkylation sites (tertiary alicyclic amines) is 1. The summed E-state index contributed by atoms with van der Waals surface area (Å²) in [5.41, 5.74) is 0.256. The van der Waals surface area contributed by atoms with Gasteiger partial charge in [0.25, 0.3) is 0 Å². The van der Waals surface area contributed by atoms with Crippen LogP contribution in [0.25, 0.3) is 0 Å². The molecule has 0 saturated carbocycles. The summed E-state index contributed by atoms with van der Waals surface area (Å²) in [7, 11) is 2.05. The maximum Gasteiger partial charge on any atom is 0.306 e. The molecule has 1 aromatic heterocycles. The predicted molar refractivity (Wildman–Crippen MR) is 69.0 cm³/mol. The van der Waals surface area contributed by atoms with Crippen LogP contribution in [-0.4, -0.2) is 35.5 Å². The van der Waals surface area contributed by atoms with Crippen molar-refractivity contribution in [1.82, 2.24) is 9.88 Å². The van der Waals surface area contributed by atoms with Gasteiger partial charge < -0.3 is 4.74 Å². The topological polar surface area (TPSA) is 42.4 Å². The molecular formula is C14H20N2O2. The number of esters is 1. The minimum absolute atomic E-state index is 0.142. The fourth-order valence-corrected chi connectivity index (χ4v) is 2.52. The van der Waals surface area contributed by atoms with Crippen molar-refractivity contribution in [3.05, 3.63) is 30.1 Å². The van der Waals surface area contributed by atoms with Gasteiger partial charge in [0.1, 0.15) is 0 Å². The average Bonchev–Trinajstić information content (AvgIpc) is 2.69. The van der Waals surface area contributed by atoms with Crippen LogP contribution < -0.4 is 0 Å². The van der Waals surface area contributed by atoms with Crippen LogP contribution in [0, 0.1) is 0 Å². The Morgan fingerprint density at radius 2 is 2.39 bits per heavy atom. The Kier molecular flexibility index (Phi) is 3.66. The third kappa shape index (κ3) is 2.12. The number of carbonyl (C=O) groups excluding carboxylic acids is 1. The smallest absolute Gasteiger partial charge is 0.306 e. The number of aromatic nitrogens is 1. The maximum absolute atomic E-state index is 11.7. The van der Waals surface area contributed by atoms with Crippen molar-refractivity contribution in [1.29, 1.82) is 0 Å². The van der Waals surface area contributed by atoms with Gasteiger partial charge in [-0.2, -0.15) is 0 Å². The highest BCUT2D eigenvalue weighted by molar-refractivity contribution is 5.69. The van der Waals surface area contributed by atoms with Gasteiger partial charge in [0, 0.05) is 25.6 Å². The van der Waals surface area contributed by atoms with E-state index in [1.165, 1.54) is 0 Å². The van der Waals surface area contributed by atoms with E-state index in [0.717, 1.165) is 18.7 Å². The molecule has 0 N–H and O–H groups in total. The minimum Gasteiger partial charge on any atom is -0.451 e. The zero-order valence-electron chi connectivity index (χ0n) is 11.2. The van der Waals surface area contributed by atoms with Crippen LogP contribution in [0.4, 0.5) is 0 Å². The summed E-state index contributed by atoms with van der Waals surface area (Å²) in [4.78, 5) is 18.3. The minimum atomic E-state index is -0.594. The van der Waals surface area contributed by atoms with Gasteiger partial charge in [0.15, 0.2) is 5.60 Å². The van der Waals surface area contributed by atoms with Crippen LogP contribution >= 0.6 is 0 Å². The van der Waals surface area contributed by atoms with Crippen LogP contribution in [0.5, 0.6) is 0 Å². The second kappa shape index (κ2) is 5.06. The number of hydrogen-bond acceptors (Lipinski definition) is 4. The Labute approximate surface area is 108 Å². The zero-order valence-corrected chi connectivity index (χ0v) is 11.2. The molecule has 98 valence electrons. The summed E-state index contributed by atoms with van der Waals surface area (Å²) in [6.45, 7) is 4.82. The third-order valence-electron chi connectivity index (χ3n) is 3.86. The molecule has 1 aliphatic heterocycles. The molecule has 0 radical (unpaired) electrons. The monoisotopic (exact) mass is 248 g/mol. The molecule has 18 heavy (non-hydrogen) atoms. The lowest BCUT2D eigenvalue weighted by atomic mass is 9.90. The second-order valence-corrected chi connectivity index (χ2v) is 4.84. The number of ether oxygens (including phenoxy) is 1. The van der Waals surface area contributed by atoms with Gasteiger partial charge in [-0.1, -0.05) is 13.0 Å². The number of hydrogen-bond donors (Lipinski definition) is 0. The van der Waals surface area contributed by atoms with Gasteiger partial charge in [-0.3, -0.25) is 14.7 Å². The highest BCUT2D eigenvalue weighted by atomic mass is 16.6. The van der Waals surface area contributed by atoms with Crippen LogP contribution in [0.2, 0.25) is 0 Å². The standard InChI is InChI=1S/C14H20N2O2/c1-4-13(17)18-14(8-10-16(3)11(14)2)12-7-5-6-9-15-12/h5-7,9,11H,4,8,10H2,1-3H3. The molecule has 2 heterocycles. The van der Waals surface area contributed by atoms with Crippen LogP contribution in [-0.2, 0) is 15.1 Å². The van der Waals surface area contributed by atoms with E-state index in [0.29, 0.717) is 6.42 Å². The second-order valence-electron chi connectivity index (χ2n) is 4.84. The van der Waals surface area contributed by atoms with Gasteiger partial charge >= 0.3 is 5.97 Å². The molecule has 1 saturated heterocycles. The first-order chi connectivity index (χ1) is 8.60. The first kappa shape index (κ1) is 13.0. The normalized spacial score (nSPS) is 28.3. The van der Waals surface area contributed by atoms with Crippen LogP contribution in [0.3, 0.4) is 0 Å². The number of likely N-dealkylation sites (N-methyl/N-ethyl adjacent to an activating group) is 1. The summed E-state index contributed by atoms with van der Waals surface area (Å²) in [5, 5.41) is 0. The van der Waals surface area contributed by atoms with Gasteiger partial charge in [-0.15, -0.1) is 0 Å². The molecular weight excluding hydrogens is 228 g/mol. The van der Waals surface area contributed by atoms with Crippen molar-refractivity contribution in [3.63, 3.8) is 0 Å². The fourth-order valence-electron chi connectivity index (χ4n) is 2.52. The quantitative estimate of drug-likeness (QED) is 0.767. The Balaban J connectivity index is 2.38. The lowest BCUT2D eigenvalue weighted by Crippen LogP contribution is -2.43. The number of nitrogens with zero attached hydrogens (tertiary/aromatic N) is 2. The summed E-state index contributed by atoms with van der Waals surface area (Å²) in [6, 6.07) is 5.90. The third-order valence-corrected chi connectivity index (χ3v) is 3.86. The average molecular weight is 248 g/mol. The molecule has 0 aromatic carbocycles. The molecule has 0 spiro atoms. The van der Waals surface area contributed by atoms with Gasteiger partial charge in [-0.25, -0.2) is 0 Å². The van der Waals surface area contributed by atoms with E-state index < -0.39 is 5.60 Å². The Morgan fingerprint density at radius 3 is 2.89 bits per heavy atom. The highest BCUT2D eigenvalue weighted by Gasteiger charge is 2.49. The number of pyridine rings is 1. The number of rotatable bonds is 3. The maximum atomic E-state index is 11.7. The lowest BCUT2D eigenvalue weighted by Gasteiger charge is -2.34. The molecule has 1 fully saturated rings.